The summed E-state index contributed by atoms with van der Waals surface area (Å²) in [6, 6.07) is -0.790. The van der Waals surface area contributed by atoms with Crippen molar-refractivity contribution in [1.29, 1.82) is 0 Å². The Morgan fingerprint density at radius 3 is 2.43 bits per heavy atom. The van der Waals surface area contributed by atoms with E-state index in [0.717, 1.165) is 12.2 Å². The van der Waals surface area contributed by atoms with E-state index in [1.807, 2.05) is 6.92 Å². The Labute approximate surface area is 134 Å². The molecule has 0 radical (unpaired) electrons. The topological polar surface area (TPSA) is 104 Å². The first-order chi connectivity index (χ1) is 9.88. The summed E-state index contributed by atoms with van der Waals surface area (Å²) >= 11 is 0. The molecule has 0 aromatic rings. The van der Waals surface area contributed by atoms with E-state index in [1.165, 1.54) is 6.92 Å². The van der Waals surface area contributed by atoms with Crippen molar-refractivity contribution in [2.45, 2.75) is 45.3 Å². The van der Waals surface area contributed by atoms with Crippen LogP contribution >= 0.6 is 21.6 Å². The van der Waals surface area contributed by atoms with Crippen LogP contribution < -0.4 is 5.73 Å². The van der Waals surface area contributed by atoms with E-state index >= 15 is 0 Å². The molecule has 0 rings (SSSR count). The number of carbonyl (C=O) groups is 2. The van der Waals surface area contributed by atoms with Crippen molar-refractivity contribution < 1.29 is 19.8 Å². The number of carboxylic acids is 1. The zero-order valence-corrected chi connectivity index (χ0v) is 14.3. The van der Waals surface area contributed by atoms with E-state index in [4.69, 9.17) is 10.8 Å². The second-order valence-electron chi connectivity index (χ2n) is 4.76. The van der Waals surface area contributed by atoms with Gasteiger partial charge in [-0.25, -0.2) is 0 Å². The lowest BCUT2D eigenvalue weighted by atomic mass is 10.2. The minimum Gasteiger partial charge on any atom is -0.480 e. The minimum atomic E-state index is -0.966. The molecule has 8 heteroatoms. The first kappa shape index (κ1) is 20.6. The molecule has 0 saturated heterocycles. The summed E-state index contributed by atoms with van der Waals surface area (Å²) in [5.41, 5.74) is 5.40. The highest BCUT2D eigenvalue weighted by molar-refractivity contribution is 8.76. The molecule has 124 valence electrons. The Kier molecular flexibility index (Phi) is 11.9. The van der Waals surface area contributed by atoms with E-state index < -0.39 is 18.1 Å². The molecule has 0 aliphatic rings. The second kappa shape index (κ2) is 12.1. The van der Waals surface area contributed by atoms with Crippen LogP contribution in [-0.4, -0.2) is 63.7 Å². The van der Waals surface area contributed by atoms with Crippen LogP contribution in [0.25, 0.3) is 0 Å². The van der Waals surface area contributed by atoms with Crippen molar-refractivity contribution in [3.63, 3.8) is 0 Å². The molecule has 0 bridgehead atoms. The molecule has 6 nitrogen and oxygen atoms in total. The van der Waals surface area contributed by atoms with Gasteiger partial charge in [0.15, 0.2) is 0 Å². The van der Waals surface area contributed by atoms with Gasteiger partial charge < -0.3 is 20.8 Å². The Hall–Kier alpha value is -0.440. The third-order valence-corrected chi connectivity index (χ3v) is 5.44. The fourth-order valence-electron chi connectivity index (χ4n) is 1.49. The highest BCUT2D eigenvalue weighted by atomic mass is 33.1. The number of nitrogens with zero attached hydrogens (tertiary/aromatic N) is 1. The van der Waals surface area contributed by atoms with Crippen LogP contribution in [0.3, 0.4) is 0 Å². The third-order valence-electron chi connectivity index (χ3n) is 2.92. The lowest BCUT2D eigenvalue weighted by Crippen LogP contribution is -2.36. The van der Waals surface area contributed by atoms with Gasteiger partial charge in [-0.15, -0.1) is 0 Å². The number of carbonyl (C=O) groups excluding carboxylic acids is 1. The van der Waals surface area contributed by atoms with E-state index in [-0.39, 0.29) is 5.91 Å². The predicted octanol–water partition coefficient (Wildman–Crippen LogP) is 1.18. The number of nitrogens with two attached hydrogens (primary N) is 1. The molecule has 2 unspecified atom stereocenters. The van der Waals surface area contributed by atoms with Gasteiger partial charge in [-0.3, -0.25) is 9.59 Å². The summed E-state index contributed by atoms with van der Waals surface area (Å²) in [6.45, 7) is 4.42. The fraction of sp³-hybridized carbons (Fsp3) is 0.846. The van der Waals surface area contributed by atoms with Crippen LogP contribution in [0, 0.1) is 0 Å². The molecule has 0 aliphatic carbocycles. The van der Waals surface area contributed by atoms with Crippen LogP contribution in [0.15, 0.2) is 0 Å². The zero-order chi connectivity index (χ0) is 16.3. The molecular weight excluding hydrogens is 312 g/mol. The minimum absolute atomic E-state index is 0.0208. The van der Waals surface area contributed by atoms with Gasteiger partial charge in [-0.1, -0.05) is 28.5 Å². The van der Waals surface area contributed by atoms with Crippen molar-refractivity contribution in [1.82, 2.24) is 4.90 Å². The van der Waals surface area contributed by atoms with E-state index in [9.17, 15) is 14.7 Å². The molecule has 0 heterocycles. The second-order valence-corrected chi connectivity index (χ2v) is 7.46. The Balaban J connectivity index is 3.67. The maximum atomic E-state index is 11.4. The van der Waals surface area contributed by atoms with Gasteiger partial charge in [0.2, 0.25) is 5.91 Å². The van der Waals surface area contributed by atoms with Gasteiger partial charge in [-0.05, 0) is 19.3 Å². The first-order valence-electron chi connectivity index (χ1n) is 7.04. The van der Waals surface area contributed by atoms with E-state index in [1.54, 1.807) is 26.5 Å². The average molecular weight is 338 g/mol. The number of carboxylic acid groups (broad SMARTS) is 1. The molecule has 0 aromatic heterocycles. The van der Waals surface area contributed by atoms with Gasteiger partial charge in [0.1, 0.15) is 6.04 Å². The molecule has 1 amide bonds. The van der Waals surface area contributed by atoms with Crippen molar-refractivity contribution in [2.24, 2.45) is 5.73 Å². The van der Waals surface area contributed by atoms with Gasteiger partial charge in [0.05, 0.1) is 6.10 Å². The maximum absolute atomic E-state index is 11.4. The number of amides is 1. The summed E-state index contributed by atoms with van der Waals surface area (Å²) in [7, 11) is 3.25. The first-order valence-corrected chi connectivity index (χ1v) is 9.53. The number of hydrogen-bond acceptors (Lipinski definition) is 6. The zero-order valence-electron chi connectivity index (χ0n) is 12.7. The molecule has 4 N–H and O–H groups in total. The predicted molar refractivity (Wildman–Crippen MR) is 88.3 cm³/mol. The standard InChI is InChI=1S/C13H26N2O4S2/c1-3-11(17)9-15(10(2)16)6-4-7-20-21-8-5-12(14)13(18)19/h11-12,17H,3-9,14H2,1-2H3,(H,18,19). The molecule has 0 aliphatic heterocycles. The number of aliphatic hydroxyl groups excluding tert-OH is 1. The summed E-state index contributed by atoms with van der Waals surface area (Å²) in [4.78, 5) is 23.6. The van der Waals surface area contributed by atoms with E-state index in [2.05, 4.69) is 0 Å². The lowest BCUT2D eigenvalue weighted by Gasteiger charge is -2.23. The molecular formula is C13H26N2O4S2. The van der Waals surface area contributed by atoms with Crippen molar-refractivity contribution >= 4 is 33.5 Å². The van der Waals surface area contributed by atoms with Crippen LogP contribution in [0.4, 0.5) is 0 Å². The largest absolute Gasteiger partial charge is 0.480 e. The third kappa shape index (κ3) is 10.9. The van der Waals surface area contributed by atoms with E-state index in [0.29, 0.717) is 31.7 Å². The molecule has 0 saturated carbocycles. The normalized spacial score (nSPS) is 13.7. The van der Waals surface area contributed by atoms with Crippen LogP contribution in [0.5, 0.6) is 0 Å². The SMILES string of the molecule is CCC(O)CN(CCCSSCCC(N)C(=O)O)C(C)=O. The number of hydrogen-bond donors (Lipinski definition) is 3. The molecule has 2 atom stereocenters. The van der Waals surface area contributed by atoms with Gasteiger partial charge >= 0.3 is 5.97 Å². The Morgan fingerprint density at radius 2 is 1.90 bits per heavy atom. The van der Waals surface area contributed by atoms with Crippen molar-refractivity contribution in [2.75, 3.05) is 24.6 Å². The summed E-state index contributed by atoms with van der Waals surface area (Å²) in [5.74, 6) is 0.585. The van der Waals surface area contributed by atoms with Crippen LogP contribution in [0.2, 0.25) is 0 Å². The molecule has 0 fully saturated rings. The van der Waals surface area contributed by atoms with Crippen LogP contribution in [-0.2, 0) is 9.59 Å². The maximum Gasteiger partial charge on any atom is 0.320 e. The molecule has 21 heavy (non-hydrogen) atoms. The lowest BCUT2D eigenvalue weighted by molar-refractivity contribution is -0.138. The monoisotopic (exact) mass is 338 g/mol. The molecule has 0 spiro atoms. The Bertz CT molecular complexity index is 319. The number of rotatable bonds is 12. The fourth-order valence-corrected chi connectivity index (χ4v) is 3.67. The summed E-state index contributed by atoms with van der Waals surface area (Å²) < 4.78 is 0. The number of aliphatic hydroxyl groups is 1. The average Bonchev–Trinajstić information content (AvgIpc) is 2.43. The van der Waals surface area contributed by atoms with Crippen LogP contribution in [0.1, 0.15) is 33.1 Å². The highest BCUT2D eigenvalue weighted by Gasteiger charge is 2.13. The van der Waals surface area contributed by atoms with Gasteiger partial charge in [0.25, 0.3) is 0 Å². The molecule has 0 aromatic carbocycles. The van der Waals surface area contributed by atoms with Crippen molar-refractivity contribution in [3.8, 4) is 0 Å². The Morgan fingerprint density at radius 1 is 1.29 bits per heavy atom. The summed E-state index contributed by atoms with van der Waals surface area (Å²) in [6.07, 6.45) is 1.47. The highest BCUT2D eigenvalue weighted by Crippen LogP contribution is 2.23. The van der Waals surface area contributed by atoms with Gasteiger partial charge in [0, 0.05) is 31.5 Å². The van der Waals surface area contributed by atoms with Gasteiger partial charge in [-0.2, -0.15) is 0 Å². The smallest absolute Gasteiger partial charge is 0.320 e. The number of aliphatic carboxylic acids is 1. The summed E-state index contributed by atoms with van der Waals surface area (Å²) in [5, 5.41) is 18.2. The van der Waals surface area contributed by atoms with Crippen molar-refractivity contribution in [3.05, 3.63) is 0 Å². The quantitative estimate of drug-likeness (QED) is 0.362.